The van der Waals surface area contributed by atoms with Crippen LogP contribution in [0, 0.1) is 0 Å². The maximum absolute atomic E-state index is 11.6. The van der Waals surface area contributed by atoms with E-state index in [1.165, 1.54) is 12.3 Å². The van der Waals surface area contributed by atoms with Gasteiger partial charge < -0.3 is 20.3 Å². The van der Waals surface area contributed by atoms with Crippen molar-refractivity contribution in [1.29, 1.82) is 0 Å². The van der Waals surface area contributed by atoms with Gasteiger partial charge in [-0.05, 0) is 11.6 Å². The quantitative estimate of drug-likeness (QED) is 0.680. The number of amides is 1. The Labute approximate surface area is 149 Å². The van der Waals surface area contributed by atoms with E-state index in [9.17, 15) is 15.0 Å². The van der Waals surface area contributed by atoms with E-state index in [4.69, 9.17) is 27.9 Å². The van der Waals surface area contributed by atoms with Crippen molar-refractivity contribution < 1.29 is 19.7 Å². The fourth-order valence-corrected chi connectivity index (χ4v) is 2.33. The first-order chi connectivity index (χ1) is 11.5. The van der Waals surface area contributed by atoms with Gasteiger partial charge in [0.1, 0.15) is 24.0 Å². The third-order valence-corrected chi connectivity index (χ3v) is 4.01. The van der Waals surface area contributed by atoms with E-state index in [-0.39, 0.29) is 28.9 Å². The van der Waals surface area contributed by atoms with Crippen LogP contribution in [0.3, 0.4) is 0 Å². The average Bonchev–Trinajstić information content (AvgIpc) is 2.60. The van der Waals surface area contributed by atoms with Crippen LogP contribution in [0.1, 0.15) is 17.2 Å². The number of nitrogens with zero attached hydrogens (tertiary/aromatic N) is 1. The summed E-state index contributed by atoms with van der Waals surface area (Å²) in [6.45, 7) is -0.109. The van der Waals surface area contributed by atoms with Crippen LogP contribution < -0.4 is 5.32 Å². The SMILES string of the molecule is O=C(NCC(O)C(O)c1ccnc(Cl)c1Cl)OCc1ccccc1. The fourth-order valence-electron chi connectivity index (χ4n) is 1.94. The van der Waals surface area contributed by atoms with E-state index in [1.54, 1.807) is 0 Å². The highest BCUT2D eigenvalue weighted by atomic mass is 35.5. The molecule has 1 aromatic carbocycles. The first kappa shape index (κ1) is 18.5. The van der Waals surface area contributed by atoms with Gasteiger partial charge >= 0.3 is 6.09 Å². The van der Waals surface area contributed by atoms with Crippen LogP contribution in [0.4, 0.5) is 4.79 Å². The van der Waals surface area contributed by atoms with Gasteiger partial charge in [-0.25, -0.2) is 9.78 Å². The Hall–Kier alpha value is -1.86. The van der Waals surface area contributed by atoms with Crippen LogP contribution in [0.2, 0.25) is 10.2 Å². The van der Waals surface area contributed by atoms with E-state index in [2.05, 4.69) is 10.3 Å². The molecule has 0 aliphatic carbocycles. The van der Waals surface area contributed by atoms with Crippen molar-refractivity contribution in [2.24, 2.45) is 0 Å². The number of hydrogen-bond acceptors (Lipinski definition) is 5. The van der Waals surface area contributed by atoms with Gasteiger partial charge in [-0.3, -0.25) is 0 Å². The number of pyridine rings is 1. The maximum Gasteiger partial charge on any atom is 0.407 e. The van der Waals surface area contributed by atoms with Gasteiger partial charge in [-0.15, -0.1) is 0 Å². The number of alkyl carbamates (subject to hydrolysis) is 1. The van der Waals surface area contributed by atoms with Crippen molar-refractivity contribution in [3.05, 3.63) is 63.9 Å². The molecule has 128 valence electrons. The summed E-state index contributed by atoms with van der Waals surface area (Å²) >= 11 is 11.7. The van der Waals surface area contributed by atoms with Crippen LogP contribution in [-0.4, -0.2) is 33.9 Å². The predicted octanol–water partition coefficient (Wildman–Crippen LogP) is 2.71. The van der Waals surface area contributed by atoms with Crippen LogP contribution in [0.15, 0.2) is 42.6 Å². The van der Waals surface area contributed by atoms with Crippen LogP contribution in [-0.2, 0) is 11.3 Å². The number of aliphatic hydroxyl groups is 2. The number of hydrogen-bond donors (Lipinski definition) is 3. The Morgan fingerprint density at radius 1 is 1.21 bits per heavy atom. The van der Waals surface area contributed by atoms with Crippen LogP contribution in [0.25, 0.3) is 0 Å². The molecule has 2 unspecified atom stereocenters. The van der Waals surface area contributed by atoms with E-state index in [0.717, 1.165) is 5.56 Å². The summed E-state index contributed by atoms with van der Waals surface area (Å²) in [6, 6.07) is 10.6. The zero-order valence-electron chi connectivity index (χ0n) is 12.5. The molecule has 2 aromatic rings. The molecule has 2 rings (SSSR count). The molecule has 24 heavy (non-hydrogen) atoms. The number of rotatable bonds is 6. The summed E-state index contributed by atoms with van der Waals surface area (Å²) in [5, 5.41) is 22.5. The molecule has 0 saturated carbocycles. The van der Waals surface area contributed by atoms with E-state index < -0.39 is 18.3 Å². The molecule has 0 saturated heterocycles. The summed E-state index contributed by atoms with van der Waals surface area (Å²) < 4.78 is 5.01. The average molecular weight is 371 g/mol. The molecule has 0 fully saturated rings. The topological polar surface area (TPSA) is 91.7 Å². The summed E-state index contributed by atoms with van der Waals surface area (Å²) in [4.78, 5) is 15.4. The minimum absolute atomic E-state index is 0.0237. The Balaban J connectivity index is 1.82. The number of aromatic nitrogens is 1. The highest BCUT2D eigenvalue weighted by Gasteiger charge is 2.23. The van der Waals surface area contributed by atoms with Gasteiger partial charge in [0, 0.05) is 18.3 Å². The van der Waals surface area contributed by atoms with E-state index >= 15 is 0 Å². The van der Waals surface area contributed by atoms with Gasteiger partial charge in [0.05, 0.1) is 5.02 Å². The molecule has 0 spiro atoms. The van der Waals surface area contributed by atoms with Crippen molar-refractivity contribution in [2.45, 2.75) is 18.8 Å². The maximum atomic E-state index is 11.6. The summed E-state index contributed by atoms with van der Waals surface area (Å²) in [5.41, 5.74) is 1.06. The Bertz CT molecular complexity index is 685. The lowest BCUT2D eigenvalue weighted by atomic mass is 10.1. The number of carbonyl (C=O) groups is 1. The molecule has 6 nitrogen and oxygen atoms in total. The van der Waals surface area contributed by atoms with Crippen molar-refractivity contribution >= 4 is 29.3 Å². The van der Waals surface area contributed by atoms with E-state index in [0.29, 0.717) is 0 Å². The van der Waals surface area contributed by atoms with Gasteiger partial charge in [0.25, 0.3) is 0 Å². The number of halogens is 2. The summed E-state index contributed by atoms with van der Waals surface area (Å²) in [7, 11) is 0. The lowest BCUT2D eigenvalue weighted by Gasteiger charge is -2.19. The standard InChI is InChI=1S/C16H16Cl2N2O4/c17-13-11(6-7-19-15(13)18)14(22)12(21)8-20-16(23)24-9-10-4-2-1-3-5-10/h1-7,12,14,21-22H,8-9H2,(H,20,23). The molecule has 0 aliphatic rings. The van der Waals surface area contributed by atoms with Crippen LogP contribution >= 0.6 is 23.2 Å². The predicted molar refractivity (Wildman–Crippen MR) is 89.9 cm³/mol. The van der Waals surface area contributed by atoms with Crippen molar-refractivity contribution in [3.8, 4) is 0 Å². The molecule has 1 aromatic heterocycles. The van der Waals surface area contributed by atoms with E-state index in [1.807, 2.05) is 30.3 Å². The number of ether oxygens (including phenoxy) is 1. The minimum atomic E-state index is -1.33. The first-order valence-electron chi connectivity index (χ1n) is 7.09. The Kier molecular flexibility index (Phi) is 6.81. The van der Waals surface area contributed by atoms with Gasteiger partial charge in [0.2, 0.25) is 0 Å². The molecule has 1 amide bonds. The molecule has 0 aliphatic heterocycles. The summed E-state index contributed by atoms with van der Waals surface area (Å²) in [6.07, 6.45) is -1.96. The van der Waals surface area contributed by atoms with Gasteiger partial charge in [-0.1, -0.05) is 53.5 Å². The van der Waals surface area contributed by atoms with Crippen molar-refractivity contribution in [3.63, 3.8) is 0 Å². The lowest BCUT2D eigenvalue weighted by Crippen LogP contribution is -2.35. The monoisotopic (exact) mass is 370 g/mol. The van der Waals surface area contributed by atoms with Crippen molar-refractivity contribution in [2.75, 3.05) is 6.54 Å². The highest BCUT2D eigenvalue weighted by Crippen LogP contribution is 2.29. The molecular formula is C16H16Cl2N2O4. The minimum Gasteiger partial charge on any atom is -0.445 e. The molecule has 0 bridgehead atoms. The molecular weight excluding hydrogens is 355 g/mol. The third-order valence-electron chi connectivity index (χ3n) is 3.23. The molecule has 3 N–H and O–H groups in total. The number of nitrogens with one attached hydrogen (secondary N) is 1. The zero-order chi connectivity index (χ0) is 17.5. The largest absolute Gasteiger partial charge is 0.445 e. The van der Waals surface area contributed by atoms with Gasteiger partial charge in [-0.2, -0.15) is 0 Å². The second-order valence-electron chi connectivity index (χ2n) is 4.96. The molecule has 1 heterocycles. The molecule has 0 radical (unpaired) electrons. The second-order valence-corrected chi connectivity index (χ2v) is 5.70. The Morgan fingerprint density at radius 2 is 1.92 bits per heavy atom. The normalized spacial score (nSPS) is 13.2. The van der Waals surface area contributed by atoms with Crippen molar-refractivity contribution in [1.82, 2.24) is 10.3 Å². The number of carbonyl (C=O) groups excluding carboxylic acids is 1. The smallest absolute Gasteiger partial charge is 0.407 e. The summed E-state index contributed by atoms with van der Waals surface area (Å²) in [5.74, 6) is 0. The molecule has 2 atom stereocenters. The highest BCUT2D eigenvalue weighted by molar-refractivity contribution is 6.41. The zero-order valence-corrected chi connectivity index (χ0v) is 14.0. The first-order valence-corrected chi connectivity index (χ1v) is 7.85. The fraction of sp³-hybridized carbons (Fsp3) is 0.250. The number of benzene rings is 1. The Morgan fingerprint density at radius 3 is 2.62 bits per heavy atom. The van der Waals surface area contributed by atoms with Crippen LogP contribution in [0.5, 0.6) is 0 Å². The molecule has 8 heteroatoms. The lowest BCUT2D eigenvalue weighted by molar-refractivity contribution is 0.0184. The number of aliphatic hydroxyl groups excluding tert-OH is 2. The third kappa shape index (κ3) is 5.07. The van der Waals surface area contributed by atoms with Gasteiger partial charge in [0.15, 0.2) is 0 Å². The second kappa shape index (κ2) is 8.84.